The van der Waals surface area contributed by atoms with Crippen LogP contribution >= 0.6 is 0 Å². The van der Waals surface area contributed by atoms with Gasteiger partial charge in [0.15, 0.2) is 11.5 Å². The van der Waals surface area contributed by atoms with Crippen LogP contribution in [0.1, 0.15) is 66.4 Å². The van der Waals surface area contributed by atoms with Gasteiger partial charge in [-0.3, -0.25) is 4.79 Å². The number of rotatable bonds is 8. The highest BCUT2D eigenvalue weighted by Gasteiger charge is 2.32. The number of nitrogens with zero attached hydrogens (tertiary/aromatic N) is 1. The van der Waals surface area contributed by atoms with Crippen LogP contribution in [-0.2, 0) is 17.5 Å². The standard InChI is InChI=1S/C27H32F3NO4/c1-33-25-16-19(9-14-24(25)35-18-23-8-4-5-15-34-23)17-31(22-6-2-3-7-22)26(32)20-10-12-21(13-11-20)27(28,29)30/h9-14,16,22-23H,2-8,15,17-18H2,1H3. The molecule has 1 atom stereocenters. The molecule has 35 heavy (non-hydrogen) atoms. The Labute approximate surface area is 204 Å². The molecule has 0 spiro atoms. The first kappa shape index (κ1) is 25.4. The smallest absolute Gasteiger partial charge is 0.416 e. The van der Waals surface area contributed by atoms with E-state index in [2.05, 4.69) is 0 Å². The van der Waals surface area contributed by atoms with Gasteiger partial charge in [-0.15, -0.1) is 0 Å². The number of halogens is 3. The number of hydrogen-bond donors (Lipinski definition) is 0. The molecule has 2 aromatic carbocycles. The highest BCUT2D eigenvalue weighted by Crippen LogP contribution is 2.33. The van der Waals surface area contributed by atoms with Gasteiger partial charge in [-0.25, -0.2) is 0 Å². The van der Waals surface area contributed by atoms with Crippen molar-refractivity contribution in [2.75, 3.05) is 20.3 Å². The zero-order valence-corrected chi connectivity index (χ0v) is 20.0. The van der Waals surface area contributed by atoms with Gasteiger partial charge in [0.25, 0.3) is 5.91 Å². The molecule has 2 aliphatic rings. The highest BCUT2D eigenvalue weighted by molar-refractivity contribution is 5.94. The topological polar surface area (TPSA) is 48.0 Å². The first-order valence-electron chi connectivity index (χ1n) is 12.2. The Morgan fingerprint density at radius 1 is 1.00 bits per heavy atom. The molecule has 2 aromatic rings. The fourth-order valence-electron chi connectivity index (χ4n) is 4.80. The summed E-state index contributed by atoms with van der Waals surface area (Å²) in [5.74, 6) is 0.929. The molecule has 1 saturated carbocycles. The number of carbonyl (C=O) groups excluding carboxylic acids is 1. The Morgan fingerprint density at radius 3 is 2.34 bits per heavy atom. The lowest BCUT2D eigenvalue weighted by Crippen LogP contribution is -2.38. The Morgan fingerprint density at radius 2 is 1.71 bits per heavy atom. The quantitative estimate of drug-likeness (QED) is 0.438. The highest BCUT2D eigenvalue weighted by atomic mass is 19.4. The van der Waals surface area contributed by atoms with E-state index in [1.165, 1.54) is 12.1 Å². The predicted octanol–water partition coefficient (Wildman–Crippen LogP) is 6.25. The second-order valence-corrected chi connectivity index (χ2v) is 9.23. The first-order chi connectivity index (χ1) is 16.8. The number of amides is 1. The largest absolute Gasteiger partial charge is 0.493 e. The number of ether oxygens (including phenoxy) is 3. The molecule has 4 rings (SSSR count). The van der Waals surface area contributed by atoms with Gasteiger partial charge in [0.2, 0.25) is 0 Å². The molecule has 1 unspecified atom stereocenters. The maximum atomic E-state index is 13.4. The molecule has 0 bridgehead atoms. The molecule has 2 fully saturated rings. The Bertz CT molecular complexity index is 981. The third-order valence-electron chi connectivity index (χ3n) is 6.77. The summed E-state index contributed by atoms with van der Waals surface area (Å²) in [6.07, 6.45) is 2.65. The van der Waals surface area contributed by atoms with Gasteiger partial charge >= 0.3 is 6.18 Å². The van der Waals surface area contributed by atoms with Crippen molar-refractivity contribution in [1.82, 2.24) is 4.90 Å². The van der Waals surface area contributed by atoms with Crippen molar-refractivity contribution in [3.8, 4) is 11.5 Å². The fourth-order valence-corrected chi connectivity index (χ4v) is 4.80. The van der Waals surface area contributed by atoms with E-state index >= 15 is 0 Å². The van der Waals surface area contributed by atoms with Crippen LogP contribution in [0.15, 0.2) is 42.5 Å². The molecule has 190 valence electrons. The average molecular weight is 492 g/mol. The third kappa shape index (κ3) is 6.48. The molecule has 1 saturated heterocycles. The number of benzene rings is 2. The van der Waals surface area contributed by atoms with Gasteiger partial charge in [-0.2, -0.15) is 13.2 Å². The van der Waals surface area contributed by atoms with Gasteiger partial charge in [-0.05, 0) is 74.1 Å². The van der Waals surface area contributed by atoms with Crippen molar-refractivity contribution in [2.45, 2.75) is 69.8 Å². The van der Waals surface area contributed by atoms with Gasteiger partial charge in [0.1, 0.15) is 6.61 Å². The summed E-state index contributed by atoms with van der Waals surface area (Å²) in [6, 6.07) is 10.1. The molecule has 1 aliphatic heterocycles. The normalized spacial score (nSPS) is 18.9. The summed E-state index contributed by atoms with van der Waals surface area (Å²) in [7, 11) is 1.57. The van der Waals surface area contributed by atoms with Crippen LogP contribution in [0, 0.1) is 0 Å². The molecule has 0 radical (unpaired) electrons. The number of alkyl halides is 3. The lowest BCUT2D eigenvalue weighted by atomic mass is 10.1. The van der Waals surface area contributed by atoms with Crippen LogP contribution in [0.2, 0.25) is 0 Å². The predicted molar refractivity (Wildman–Crippen MR) is 126 cm³/mol. The summed E-state index contributed by atoms with van der Waals surface area (Å²) in [6.45, 7) is 1.55. The average Bonchev–Trinajstić information content (AvgIpc) is 3.41. The van der Waals surface area contributed by atoms with Gasteiger partial charge in [0, 0.05) is 24.8 Å². The number of carbonyl (C=O) groups is 1. The van der Waals surface area contributed by atoms with Crippen molar-refractivity contribution >= 4 is 5.91 Å². The molecule has 0 aromatic heterocycles. The van der Waals surface area contributed by atoms with Crippen molar-refractivity contribution in [3.63, 3.8) is 0 Å². The summed E-state index contributed by atoms with van der Waals surface area (Å²) < 4.78 is 56.1. The maximum absolute atomic E-state index is 13.4. The van der Waals surface area contributed by atoms with E-state index in [1.54, 1.807) is 12.0 Å². The van der Waals surface area contributed by atoms with Crippen LogP contribution in [0.5, 0.6) is 11.5 Å². The van der Waals surface area contributed by atoms with Crippen molar-refractivity contribution < 1.29 is 32.2 Å². The first-order valence-corrected chi connectivity index (χ1v) is 12.2. The molecular weight excluding hydrogens is 459 g/mol. The molecule has 1 heterocycles. The minimum absolute atomic E-state index is 0.0511. The monoisotopic (exact) mass is 491 g/mol. The van der Waals surface area contributed by atoms with E-state index in [4.69, 9.17) is 14.2 Å². The summed E-state index contributed by atoms with van der Waals surface area (Å²) in [5, 5.41) is 0. The maximum Gasteiger partial charge on any atom is 0.416 e. The minimum atomic E-state index is -4.43. The van der Waals surface area contributed by atoms with Gasteiger partial charge < -0.3 is 19.1 Å². The lowest BCUT2D eigenvalue weighted by Gasteiger charge is -2.30. The van der Waals surface area contributed by atoms with Crippen LogP contribution in [0.25, 0.3) is 0 Å². The Hall–Kier alpha value is -2.74. The molecule has 0 N–H and O–H groups in total. The Kier molecular flexibility index (Phi) is 8.21. The number of hydrogen-bond acceptors (Lipinski definition) is 4. The van der Waals surface area contributed by atoms with E-state index in [1.807, 2.05) is 18.2 Å². The van der Waals surface area contributed by atoms with E-state index in [9.17, 15) is 18.0 Å². The molecule has 1 amide bonds. The summed E-state index contributed by atoms with van der Waals surface area (Å²) in [5.41, 5.74) is 0.361. The molecule has 1 aliphatic carbocycles. The van der Waals surface area contributed by atoms with E-state index in [0.29, 0.717) is 24.7 Å². The van der Waals surface area contributed by atoms with E-state index in [0.717, 1.165) is 69.2 Å². The van der Waals surface area contributed by atoms with E-state index in [-0.39, 0.29) is 23.6 Å². The second-order valence-electron chi connectivity index (χ2n) is 9.23. The molecule has 5 nitrogen and oxygen atoms in total. The third-order valence-corrected chi connectivity index (χ3v) is 6.77. The lowest BCUT2D eigenvalue weighted by molar-refractivity contribution is -0.137. The summed E-state index contributed by atoms with van der Waals surface area (Å²) in [4.78, 5) is 15.1. The van der Waals surface area contributed by atoms with Gasteiger partial charge in [0.05, 0.1) is 18.8 Å². The number of methoxy groups -OCH3 is 1. The van der Waals surface area contributed by atoms with Crippen molar-refractivity contribution in [2.24, 2.45) is 0 Å². The Balaban J connectivity index is 1.49. The second kappa shape index (κ2) is 11.3. The van der Waals surface area contributed by atoms with Crippen molar-refractivity contribution in [3.05, 3.63) is 59.2 Å². The molecular formula is C27H32F3NO4. The van der Waals surface area contributed by atoms with Crippen LogP contribution < -0.4 is 9.47 Å². The minimum Gasteiger partial charge on any atom is -0.493 e. The summed E-state index contributed by atoms with van der Waals surface area (Å²) >= 11 is 0. The fraction of sp³-hybridized carbons (Fsp3) is 0.519. The van der Waals surface area contributed by atoms with Crippen LogP contribution in [0.4, 0.5) is 13.2 Å². The van der Waals surface area contributed by atoms with Gasteiger partial charge in [-0.1, -0.05) is 18.9 Å². The van der Waals surface area contributed by atoms with Crippen LogP contribution in [-0.4, -0.2) is 43.3 Å². The zero-order chi connectivity index (χ0) is 24.8. The van der Waals surface area contributed by atoms with Crippen molar-refractivity contribution in [1.29, 1.82) is 0 Å². The molecule has 8 heteroatoms. The SMILES string of the molecule is COc1cc(CN(C(=O)c2ccc(C(F)(F)F)cc2)C2CCCC2)ccc1OCC1CCCCO1. The van der Waals surface area contributed by atoms with E-state index < -0.39 is 11.7 Å². The van der Waals surface area contributed by atoms with Crippen LogP contribution in [0.3, 0.4) is 0 Å². The zero-order valence-electron chi connectivity index (χ0n) is 20.0.